The van der Waals surface area contributed by atoms with E-state index in [1.807, 2.05) is 0 Å². The Bertz CT molecular complexity index is 342. The molecule has 1 N–H and O–H groups in total. The second kappa shape index (κ2) is 5.07. The second-order valence-corrected chi connectivity index (χ2v) is 2.77. The monoisotopic (exact) mass is 192 g/mol. The Labute approximate surface area is 82.6 Å². The Morgan fingerprint density at radius 1 is 1.50 bits per heavy atom. The van der Waals surface area contributed by atoms with E-state index in [1.165, 1.54) is 13.2 Å². The van der Waals surface area contributed by atoms with Crippen LogP contribution in [0.15, 0.2) is 30.4 Å². The van der Waals surface area contributed by atoms with Gasteiger partial charge in [-0.2, -0.15) is 0 Å². The van der Waals surface area contributed by atoms with E-state index >= 15 is 0 Å². The van der Waals surface area contributed by atoms with Crippen LogP contribution < -0.4 is 4.74 Å². The number of hydrogen-bond acceptors (Lipinski definition) is 3. The predicted octanol–water partition coefficient (Wildman–Crippen LogP) is 1.70. The van der Waals surface area contributed by atoms with E-state index in [0.717, 1.165) is 11.8 Å². The van der Waals surface area contributed by atoms with Crippen LogP contribution in [0.5, 0.6) is 11.5 Å². The molecule has 0 spiro atoms. The van der Waals surface area contributed by atoms with Gasteiger partial charge in [-0.15, -0.1) is 0 Å². The van der Waals surface area contributed by atoms with Gasteiger partial charge in [0.25, 0.3) is 0 Å². The van der Waals surface area contributed by atoms with Gasteiger partial charge >= 0.3 is 0 Å². The van der Waals surface area contributed by atoms with Gasteiger partial charge in [0.05, 0.1) is 7.11 Å². The summed E-state index contributed by atoms with van der Waals surface area (Å²) >= 11 is 0. The number of hydrogen-bond donors (Lipinski definition) is 1. The van der Waals surface area contributed by atoms with Gasteiger partial charge in [-0.3, -0.25) is 4.79 Å². The Hall–Kier alpha value is -1.77. The third kappa shape index (κ3) is 2.62. The van der Waals surface area contributed by atoms with Crippen molar-refractivity contribution < 1.29 is 14.6 Å². The molecule has 0 saturated heterocycles. The van der Waals surface area contributed by atoms with Crippen molar-refractivity contribution in [3.05, 3.63) is 35.9 Å². The molecule has 0 aliphatic carbocycles. The Balaban J connectivity index is 2.78. The molecule has 0 aromatic heterocycles. The number of rotatable bonds is 4. The number of carbonyl (C=O) groups excluding carboxylic acids is 1. The molecule has 74 valence electrons. The first-order valence-electron chi connectivity index (χ1n) is 4.24. The highest BCUT2D eigenvalue weighted by Crippen LogP contribution is 2.26. The minimum atomic E-state index is 0.121. The molecule has 1 aromatic carbocycles. The van der Waals surface area contributed by atoms with Crippen LogP contribution in [0.25, 0.3) is 0 Å². The summed E-state index contributed by atoms with van der Waals surface area (Å²) in [7, 11) is 1.50. The zero-order valence-electron chi connectivity index (χ0n) is 7.93. The zero-order chi connectivity index (χ0) is 10.4. The maximum atomic E-state index is 10.0. The normalized spacial score (nSPS) is 10.4. The average Bonchev–Trinajstić information content (AvgIpc) is 2.21. The number of carbonyl (C=O) groups is 1. The van der Waals surface area contributed by atoms with Crippen LogP contribution in [0.4, 0.5) is 0 Å². The minimum absolute atomic E-state index is 0.121. The summed E-state index contributed by atoms with van der Waals surface area (Å²) in [6, 6.07) is 5.10. The summed E-state index contributed by atoms with van der Waals surface area (Å²) < 4.78 is 4.95. The van der Waals surface area contributed by atoms with Gasteiger partial charge in [-0.05, 0) is 30.2 Å². The van der Waals surface area contributed by atoms with Gasteiger partial charge in [-0.25, -0.2) is 0 Å². The number of allylic oxidation sites excluding steroid dienone is 2. The lowest BCUT2D eigenvalue weighted by molar-refractivity contribution is -0.104. The van der Waals surface area contributed by atoms with E-state index < -0.39 is 0 Å². The summed E-state index contributed by atoms with van der Waals surface area (Å²) in [4.78, 5) is 10.0. The summed E-state index contributed by atoms with van der Waals surface area (Å²) in [5.74, 6) is 0.567. The van der Waals surface area contributed by atoms with Crippen molar-refractivity contribution in [2.75, 3.05) is 7.11 Å². The number of methoxy groups -OCH3 is 1. The molecule has 0 radical (unpaired) electrons. The van der Waals surface area contributed by atoms with E-state index in [4.69, 9.17) is 4.74 Å². The molecule has 1 rings (SSSR count). The number of aromatic hydroxyl groups is 1. The van der Waals surface area contributed by atoms with Crippen LogP contribution in [0.1, 0.15) is 5.56 Å². The minimum Gasteiger partial charge on any atom is -0.504 e. The van der Waals surface area contributed by atoms with Crippen molar-refractivity contribution in [3.63, 3.8) is 0 Å². The van der Waals surface area contributed by atoms with E-state index in [0.29, 0.717) is 12.2 Å². The summed E-state index contributed by atoms with van der Waals surface area (Å²) in [6.45, 7) is 0. The number of ether oxygens (including phenoxy) is 1. The third-order valence-electron chi connectivity index (χ3n) is 1.81. The molecule has 0 bridgehead atoms. The molecule has 14 heavy (non-hydrogen) atoms. The van der Waals surface area contributed by atoms with E-state index in [2.05, 4.69) is 0 Å². The third-order valence-corrected chi connectivity index (χ3v) is 1.81. The van der Waals surface area contributed by atoms with Crippen LogP contribution in [-0.4, -0.2) is 18.5 Å². The SMILES string of the molecule is COc1cc(C/C=C/C=O)ccc1O. The van der Waals surface area contributed by atoms with Gasteiger partial charge in [0.1, 0.15) is 6.29 Å². The first-order chi connectivity index (χ1) is 6.77. The highest BCUT2D eigenvalue weighted by molar-refractivity contribution is 5.64. The smallest absolute Gasteiger partial charge is 0.160 e. The van der Waals surface area contributed by atoms with Gasteiger partial charge < -0.3 is 9.84 Å². The average molecular weight is 192 g/mol. The zero-order valence-corrected chi connectivity index (χ0v) is 7.93. The van der Waals surface area contributed by atoms with E-state index in [1.54, 1.807) is 24.3 Å². The van der Waals surface area contributed by atoms with E-state index in [9.17, 15) is 9.90 Å². The first kappa shape index (κ1) is 10.3. The van der Waals surface area contributed by atoms with Crippen molar-refractivity contribution in [2.45, 2.75) is 6.42 Å². The van der Waals surface area contributed by atoms with Gasteiger partial charge in [0.2, 0.25) is 0 Å². The van der Waals surface area contributed by atoms with Crippen molar-refractivity contribution in [2.24, 2.45) is 0 Å². The van der Waals surface area contributed by atoms with Crippen molar-refractivity contribution in [1.29, 1.82) is 0 Å². The lowest BCUT2D eigenvalue weighted by atomic mass is 10.1. The van der Waals surface area contributed by atoms with Crippen LogP contribution >= 0.6 is 0 Å². The molecule has 0 aliphatic rings. The Morgan fingerprint density at radius 2 is 2.29 bits per heavy atom. The molecule has 3 heteroatoms. The maximum absolute atomic E-state index is 10.0. The highest BCUT2D eigenvalue weighted by atomic mass is 16.5. The summed E-state index contributed by atoms with van der Waals surface area (Å²) in [5, 5.41) is 9.31. The fourth-order valence-electron chi connectivity index (χ4n) is 1.11. The van der Waals surface area contributed by atoms with Crippen LogP contribution in [-0.2, 0) is 11.2 Å². The fourth-order valence-corrected chi connectivity index (χ4v) is 1.11. The predicted molar refractivity (Wildman–Crippen MR) is 53.6 cm³/mol. The van der Waals surface area contributed by atoms with Crippen molar-refractivity contribution >= 4 is 6.29 Å². The quantitative estimate of drug-likeness (QED) is 0.583. The maximum Gasteiger partial charge on any atom is 0.160 e. The molecule has 3 nitrogen and oxygen atoms in total. The summed E-state index contributed by atoms with van der Waals surface area (Å²) in [6.07, 6.45) is 4.57. The molecule has 0 saturated carbocycles. The second-order valence-electron chi connectivity index (χ2n) is 2.77. The summed E-state index contributed by atoms with van der Waals surface area (Å²) in [5.41, 5.74) is 0.984. The molecule has 0 amide bonds. The molecular weight excluding hydrogens is 180 g/mol. The van der Waals surface area contributed by atoms with Gasteiger partial charge in [0.15, 0.2) is 11.5 Å². The molecule has 0 aliphatic heterocycles. The standard InChI is InChI=1S/C11H12O3/c1-14-11-8-9(4-2-3-7-12)5-6-10(11)13/h2-3,5-8,13H,4H2,1H3/b3-2+. The largest absolute Gasteiger partial charge is 0.504 e. The van der Waals surface area contributed by atoms with E-state index in [-0.39, 0.29) is 5.75 Å². The molecule has 0 atom stereocenters. The molecule has 0 fully saturated rings. The van der Waals surface area contributed by atoms with Crippen molar-refractivity contribution in [1.82, 2.24) is 0 Å². The molecule has 0 heterocycles. The Kier molecular flexibility index (Phi) is 3.73. The lowest BCUT2D eigenvalue weighted by Gasteiger charge is -2.04. The van der Waals surface area contributed by atoms with Gasteiger partial charge in [-0.1, -0.05) is 12.1 Å². The number of phenolic OH excluding ortho intramolecular Hbond substituents is 1. The lowest BCUT2D eigenvalue weighted by Crippen LogP contribution is -1.87. The molecule has 0 unspecified atom stereocenters. The number of benzene rings is 1. The van der Waals surface area contributed by atoms with Gasteiger partial charge in [0, 0.05) is 0 Å². The molecular formula is C11H12O3. The Morgan fingerprint density at radius 3 is 2.93 bits per heavy atom. The van der Waals surface area contributed by atoms with Crippen LogP contribution in [0.2, 0.25) is 0 Å². The fraction of sp³-hybridized carbons (Fsp3) is 0.182. The highest BCUT2D eigenvalue weighted by Gasteiger charge is 2.00. The van der Waals surface area contributed by atoms with Crippen LogP contribution in [0.3, 0.4) is 0 Å². The number of aldehydes is 1. The van der Waals surface area contributed by atoms with Crippen molar-refractivity contribution in [3.8, 4) is 11.5 Å². The number of phenols is 1. The molecule has 1 aromatic rings. The van der Waals surface area contributed by atoms with Crippen LogP contribution in [0, 0.1) is 0 Å². The first-order valence-corrected chi connectivity index (χ1v) is 4.24. The topological polar surface area (TPSA) is 46.5 Å².